The molecule has 0 unspecified atom stereocenters. The molecule has 7 heteroatoms. The second-order valence-corrected chi connectivity index (χ2v) is 5.69. The first kappa shape index (κ1) is 16.5. The molecular formula is C15H24FN5O. The summed E-state index contributed by atoms with van der Waals surface area (Å²) in [6, 6.07) is 4.95. The lowest BCUT2D eigenvalue weighted by atomic mass is 10.2. The Morgan fingerprint density at radius 3 is 2.64 bits per heavy atom. The van der Waals surface area contributed by atoms with E-state index < -0.39 is 0 Å². The summed E-state index contributed by atoms with van der Waals surface area (Å²) in [5.41, 5.74) is 1.18. The molecule has 1 saturated heterocycles. The van der Waals surface area contributed by atoms with E-state index in [1.807, 2.05) is 0 Å². The van der Waals surface area contributed by atoms with E-state index in [-0.39, 0.29) is 5.82 Å². The van der Waals surface area contributed by atoms with Crippen LogP contribution in [0, 0.1) is 5.82 Å². The van der Waals surface area contributed by atoms with Gasteiger partial charge in [0.15, 0.2) is 0 Å². The molecule has 0 aliphatic carbocycles. The molecule has 1 heterocycles. The van der Waals surface area contributed by atoms with E-state index >= 15 is 0 Å². The summed E-state index contributed by atoms with van der Waals surface area (Å²) in [5.74, 6) is -0.266. The summed E-state index contributed by atoms with van der Waals surface area (Å²) in [5, 5.41) is 13.9. The van der Waals surface area contributed by atoms with E-state index in [1.165, 1.54) is 6.07 Å². The van der Waals surface area contributed by atoms with Gasteiger partial charge in [0.25, 0.3) is 0 Å². The van der Waals surface area contributed by atoms with Gasteiger partial charge in [-0.05, 0) is 32.3 Å². The number of oxime groups is 1. The van der Waals surface area contributed by atoms with Crippen LogP contribution in [0.1, 0.15) is 0 Å². The molecule has 0 aromatic heterocycles. The molecule has 1 aromatic carbocycles. The Kier molecular flexibility index (Phi) is 5.97. The minimum Gasteiger partial charge on any atom is -0.410 e. The van der Waals surface area contributed by atoms with Gasteiger partial charge in [-0.1, -0.05) is 5.16 Å². The highest BCUT2D eigenvalue weighted by Crippen LogP contribution is 2.23. The molecule has 0 bridgehead atoms. The summed E-state index contributed by atoms with van der Waals surface area (Å²) < 4.78 is 14.2. The molecule has 0 spiro atoms. The Morgan fingerprint density at radius 1 is 1.32 bits per heavy atom. The first-order chi connectivity index (χ1) is 10.6. The van der Waals surface area contributed by atoms with E-state index in [9.17, 15) is 4.39 Å². The van der Waals surface area contributed by atoms with Crippen molar-refractivity contribution in [3.05, 3.63) is 24.0 Å². The molecule has 22 heavy (non-hydrogen) atoms. The fourth-order valence-electron chi connectivity index (χ4n) is 2.51. The zero-order valence-corrected chi connectivity index (χ0v) is 13.2. The summed E-state index contributed by atoms with van der Waals surface area (Å²) in [6.07, 6.45) is 1.11. The van der Waals surface area contributed by atoms with Crippen LogP contribution in [-0.4, -0.2) is 74.7 Å². The lowest BCUT2D eigenvalue weighted by molar-refractivity contribution is 0.229. The fourth-order valence-corrected chi connectivity index (χ4v) is 2.51. The van der Waals surface area contributed by atoms with E-state index in [0.29, 0.717) is 11.4 Å². The predicted octanol–water partition coefficient (Wildman–Crippen LogP) is 1.34. The van der Waals surface area contributed by atoms with Crippen LogP contribution in [0.15, 0.2) is 23.4 Å². The van der Waals surface area contributed by atoms with Crippen molar-refractivity contribution in [2.75, 3.05) is 63.6 Å². The average molecular weight is 309 g/mol. The Morgan fingerprint density at radius 2 is 2.05 bits per heavy atom. The number of nitrogens with one attached hydrogen (secondary N) is 1. The van der Waals surface area contributed by atoms with Crippen LogP contribution < -0.4 is 10.2 Å². The third-order valence-corrected chi connectivity index (χ3v) is 3.81. The number of hydrogen-bond donors (Lipinski definition) is 2. The zero-order chi connectivity index (χ0) is 15.9. The molecule has 1 fully saturated rings. The molecule has 0 radical (unpaired) electrons. The highest BCUT2D eigenvalue weighted by molar-refractivity contribution is 5.75. The predicted molar refractivity (Wildman–Crippen MR) is 87.5 cm³/mol. The van der Waals surface area contributed by atoms with Crippen LogP contribution >= 0.6 is 0 Å². The topological polar surface area (TPSA) is 54.3 Å². The second-order valence-electron chi connectivity index (χ2n) is 5.69. The summed E-state index contributed by atoms with van der Waals surface area (Å²) in [4.78, 5) is 6.65. The Hall–Kier alpha value is -1.86. The molecule has 6 nitrogen and oxygen atoms in total. The highest BCUT2D eigenvalue weighted by Gasteiger charge is 2.19. The van der Waals surface area contributed by atoms with Gasteiger partial charge in [0.2, 0.25) is 0 Å². The number of likely N-dealkylation sites (N-methyl/N-ethyl adjacent to an activating group) is 1. The maximum absolute atomic E-state index is 14.2. The average Bonchev–Trinajstić information content (AvgIpc) is 2.51. The van der Waals surface area contributed by atoms with Crippen LogP contribution in [0.4, 0.5) is 15.8 Å². The van der Waals surface area contributed by atoms with Gasteiger partial charge < -0.3 is 20.3 Å². The van der Waals surface area contributed by atoms with Crippen molar-refractivity contribution in [3.63, 3.8) is 0 Å². The standard InChI is InChI=1S/C15H24FN5O/c1-19(2)5-6-20-7-9-21(10-8-20)15-4-3-13(11-14(15)16)17-12-18-22/h3-4,11-12,22H,5-10H2,1-2H3,(H,17,18). The number of halogens is 1. The number of piperazine rings is 1. The van der Waals surface area contributed by atoms with Crippen LogP contribution in [0.3, 0.4) is 0 Å². The first-order valence-electron chi connectivity index (χ1n) is 7.44. The lowest BCUT2D eigenvalue weighted by Crippen LogP contribution is -2.48. The van der Waals surface area contributed by atoms with E-state index in [4.69, 9.17) is 5.21 Å². The largest absolute Gasteiger partial charge is 0.410 e. The third kappa shape index (κ3) is 4.57. The molecule has 1 aliphatic rings. The van der Waals surface area contributed by atoms with Gasteiger partial charge in [0.1, 0.15) is 12.2 Å². The molecule has 0 amide bonds. The number of rotatable bonds is 6. The smallest absolute Gasteiger partial charge is 0.148 e. The molecule has 1 aromatic rings. The number of nitrogens with zero attached hydrogens (tertiary/aromatic N) is 4. The molecule has 1 aliphatic heterocycles. The molecule has 2 rings (SSSR count). The molecule has 0 atom stereocenters. The van der Waals surface area contributed by atoms with Crippen molar-refractivity contribution < 1.29 is 9.60 Å². The van der Waals surface area contributed by atoms with Gasteiger partial charge in [-0.25, -0.2) is 4.39 Å². The molecule has 2 N–H and O–H groups in total. The van der Waals surface area contributed by atoms with Gasteiger partial charge in [-0.3, -0.25) is 4.90 Å². The quantitative estimate of drug-likeness (QED) is 0.359. The number of hydrogen-bond acceptors (Lipinski definition) is 5. The van der Waals surface area contributed by atoms with Gasteiger partial charge in [0, 0.05) is 45.0 Å². The Bertz CT molecular complexity index is 501. The highest BCUT2D eigenvalue weighted by atomic mass is 19.1. The molecule has 122 valence electrons. The second kappa shape index (κ2) is 7.95. The van der Waals surface area contributed by atoms with E-state index in [2.05, 4.69) is 39.3 Å². The zero-order valence-electron chi connectivity index (χ0n) is 13.2. The number of benzene rings is 1. The normalized spacial score (nSPS) is 16.6. The Balaban J connectivity index is 1.91. The summed E-state index contributed by atoms with van der Waals surface area (Å²) in [6.45, 7) is 5.65. The minimum atomic E-state index is -0.266. The van der Waals surface area contributed by atoms with Crippen molar-refractivity contribution in [3.8, 4) is 0 Å². The van der Waals surface area contributed by atoms with Crippen molar-refractivity contribution in [2.24, 2.45) is 5.16 Å². The Labute approximate surface area is 130 Å². The molecule has 0 saturated carbocycles. The lowest BCUT2D eigenvalue weighted by Gasteiger charge is -2.36. The van der Waals surface area contributed by atoms with Crippen molar-refractivity contribution in [1.82, 2.24) is 9.80 Å². The summed E-state index contributed by atoms with van der Waals surface area (Å²) in [7, 11) is 4.14. The van der Waals surface area contributed by atoms with Crippen molar-refractivity contribution in [1.29, 1.82) is 0 Å². The monoisotopic (exact) mass is 309 g/mol. The van der Waals surface area contributed by atoms with E-state index in [1.54, 1.807) is 12.1 Å². The SMILES string of the molecule is CN(C)CCN1CCN(c2ccc(N/C=N/O)cc2F)CC1. The van der Waals surface area contributed by atoms with Gasteiger partial charge in [-0.15, -0.1) is 0 Å². The van der Waals surface area contributed by atoms with Crippen LogP contribution in [0.5, 0.6) is 0 Å². The van der Waals surface area contributed by atoms with Crippen LogP contribution in [-0.2, 0) is 0 Å². The fraction of sp³-hybridized carbons (Fsp3) is 0.533. The maximum Gasteiger partial charge on any atom is 0.148 e. The van der Waals surface area contributed by atoms with Gasteiger partial charge >= 0.3 is 0 Å². The van der Waals surface area contributed by atoms with Crippen LogP contribution in [0.25, 0.3) is 0 Å². The third-order valence-electron chi connectivity index (χ3n) is 3.81. The van der Waals surface area contributed by atoms with Crippen LogP contribution in [0.2, 0.25) is 0 Å². The minimum absolute atomic E-state index is 0.266. The summed E-state index contributed by atoms with van der Waals surface area (Å²) >= 11 is 0. The van der Waals surface area contributed by atoms with Crippen molar-refractivity contribution in [2.45, 2.75) is 0 Å². The maximum atomic E-state index is 14.2. The van der Waals surface area contributed by atoms with E-state index in [0.717, 1.165) is 45.6 Å². The number of anilines is 2. The van der Waals surface area contributed by atoms with Crippen molar-refractivity contribution >= 4 is 17.7 Å². The van der Waals surface area contributed by atoms with Gasteiger partial charge in [-0.2, -0.15) is 0 Å². The molecular weight excluding hydrogens is 285 g/mol. The first-order valence-corrected chi connectivity index (χ1v) is 7.44. The van der Waals surface area contributed by atoms with Gasteiger partial charge in [0.05, 0.1) is 5.69 Å².